The van der Waals surface area contributed by atoms with Gasteiger partial charge < -0.3 is 10.1 Å². The monoisotopic (exact) mass is 398 g/mol. The predicted octanol–water partition coefficient (Wildman–Crippen LogP) is 2.00. The molecule has 27 heavy (non-hydrogen) atoms. The molecule has 1 rings (SSSR count). The summed E-state index contributed by atoms with van der Waals surface area (Å²) >= 11 is 0. The van der Waals surface area contributed by atoms with Crippen molar-refractivity contribution in [3.05, 3.63) is 29.8 Å². The summed E-state index contributed by atoms with van der Waals surface area (Å²) in [6, 6.07) is 5.51. The molecule has 8 heteroatoms. The van der Waals surface area contributed by atoms with Crippen molar-refractivity contribution in [2.24, 2.45) is 11.8 Å². The SMILES string of the molecule is CCOC(=O)C[C@@H](C)CNC(=O)[C@@H](NS(=O)(=O)c1ccc(C)cc1)C(C)C. The maximum absolute atomic E-state index is 12.6. The Bertz CT molecular complexity index is 729. The summed E-state index contributed by atoms with van der Waals surface area (Å²) in [6.07, 6.45) is 0.190. The van der Waals surface area contributed by atoms with Crippen molar-refractivity contribution in [3.63, 3.8) is 0 Å². The van der Waals surface area contributed by atoms with Crippen LogP contribution in [-0.2, 0) is 24.3 Å². The third-order valence-electron chi connectivity index (χ3n) is 4.01. The first-order valence-corrected chi connectivity index (χ1v) is 10.6. The molecule has 0 aliphatic carbocycles. The van der Waals surface area contributed by atoms with E-state index in [1.54, 1.807) is 32.9 Å². The highest BCUT2D eigenvalue weighted by molar-refractivity contribution is 7.89. The average molecular weight is 399 g/mol. The van der Waals surface area contributed by atoms with Gasteiger partial charge in [0.05, 0.1) is 11.5 Å². The zero-order valence-corrected chi connectivity index (χ0v) is 17.4. The van der Waals surface area contributed by atoms with Crippen LogP contribution in [0.3, 0.4) is 0 Å². The van der Waals surface area contributed by atoms with Gasteiger partial charge in [-0.15, -0.1) is 0 Å². The maximum Gasteiger partial charge on any atom is 0.306 e. The third kappa shape index (κ3) is 7.68. The fourth-order valence-corrected chi connectivity index (χ4v) is 3.75. The molecule has 0 unspecified atom stereocenters. The zero-order valence-electron chi connectivity index (χ0n) is 16.6. The molecule has 0 radical (unpaired) electrons. The van der Waals surface area contributed by atoms with Crippen molar-refractivity contribution >= 4 is 21.9 Å². The molecular weight excluding hydrogens is 368 g/mol. The van der Waals surface area contributed by atoms with E-state index in [-0.39, 0.29) is 35.7 Å². The van der Waals surface area contributed by atoms with Crippen LogP contribution >= 0.6 is 0 Å². The number of rotatable bonds is 10. The smallest absolute Gasteiger partial charge is 0.306 e. The number of aryl methyl sites for hydroxylation is 1. The molecule has 0 aromatic heterocycles. The summed E-state index contributed by atoms with van der Waals surface area (Å²) < 4.78 is 32.5. The minimum Gasteiger partial charge on any atom is -0.466 e. The topological polar surface area (TPSA) is 102 Å². The van der Waals surface area contributed by atoms with Crippen LogP contribution in [-0.4, -0.2) is 39.5 Å². The first kappa shape index (κ1) is 23.1. The number of benzene rings is 1. The second kappa shape index (κ2) is 10.4. The van der Waals surface area contributed by atoms with Crippen molar-refractivity contribution in [3.8, 4) is 0 Å². The number of sulfonamides is 1. The molecule has 0 saturated heterocycles. The van der Waals surface area contributed by atoms with Gasteiger partial charge in [-0.3, -0.25) is 9.59 Å². The number of hydrogen-bond acceptors (Lipinski definition) is 5. The molecule has 2 atom stereocenters. The number of carbonyl (C=O) groups excluding carboxylic acids is 2. The Labute approximate surface area is 161 Å². The van der Waals surface area contributed by atoms with Crippen molar-refractivity contribution in [2.75, 3.05) is 13.2 Å². The Morgan fingerprint density at radius 3 is 2.22 bits per heavy atom. The van der Waals surface area contributed by atoms with Gasteiger partial charge in [0.2, 0.25) is 15.9 Å². The zero-order chi connectivity index (χ0) is 20.6. The largest absolute Gasteiger partial charge is 0.466 e. The average Bonchev–Trinajstić information content (AvgIpc) is 2.58. The molecule has 1 amide bonds. The Balaban J connectivity index is 2.73. The summed E-state index contributed by atoms with van der Waals surface area (Å²) in [5, 5.41) is 2.72. The van der Waals surface area contributed by atoms with E-state index < -0.39 is 22.0 Å². The van der Waals surface area contributed by atoms with Gasteiger partial charge in [-0.1, -0.05) is 38.5 Å². The highest BCUT2D eigenvalue weighted by Gasteiger charge is 2.28. The van der Waals surface area contributed by atoms with Crippen LogP contribution in [0.4, 0.5) is 0 Å². The van der Waals surface area contributed by atoms with Crippen molar-refractivity contribution in [2.45, 2.75) is 52.0 Å². The number of hydrogen-bond donors (Lipinski definition) is 2. The molecule has 0 aliphatic rings. The molecule has 0 heterocycles. The van der Waals surface area contributed by atoms with Gasteiger partial charge in [-0.2, -0.15) is 4.72 Å². The fourth-order valence-electron chi connectivity index (χ4n) is 2.41. The van der Waals surface area contributed by atoms with Gasteiger partial charge in [0.1, 0.15) is 6.04 Å². The minimum atomic E-state index is -3.82. The molecule has 0 saturated carbocycles. The maximum atomic E-state index is 12.6. The number of esters is 1. The van der Waals surface area contributed by atoms with E-state index in [2.05, 4.69) is 10.0 Å². The molecule has 0 spiro atoms. The number of nitrogens with one attached hydrogen (secondary N) is 2. The molecule has 1 aromatic rings. The Morgan fingerprint density at radius 2 is 1.70 bits per heavy atom. The number of carbonyl (C=O) groups is 2. The quantitative estimate of drug-likeness (QED) is 0.587. The van der Waals surface area contributed by atoms with E-state index in [4.69, 9.17) is 4.74 Å². The van der Waals surface area contributed by atoms with Gasteiger partial charge in [-0.25, -0.2) is 8.42 Å². The number of ether oxygens (including phenoxy) is 1. The van der Waals surface area contributed by atoms with Crippen LogP contribution in [0.1, 0.15) is 39.7 Å². The van der Waals surface area contributed by atoms with E-state index >= 15 is 0 Å². The normalized spacial score (nSPS) is 13.9. The van der Waals surface area contributed by atoms with E-state index in [0.717, 1.165) is 5.56 Å². The van der Waals surface area contributed by atoms with E-state index in [9.17, 15) is 18.0 Å². The molecular formula is C19H30N2O5S. The van der Waals surface area contributed by atoms with Crippen LogP contribution < -0.4 is 10.0 Å². The lowest BCUT2D eigenvalue weighted by Gasteiger charge is -2.22. The first-order valence-electron chi connectivity index (χ1n) is 9.09. The van der Waals surface area contributed by atoms with Crippen molar-refractivity contribution in [1.82, 2.24) is 10.0 Å². The van der Waals surface area contributed by atoms with Crippen LogP contribution in [0, 0.1) is 18.8 Å². The molecule has 0 fully saturated rings. The highest BCUT2D eigenvalue weighted by Crippen LogP contribution is 2.13. The molecule has 7 nitrogen and oxygen atoms in total. The summed E-state index contributed by atoms with van der Waals surface area (Å²) in [7, 11) is -3.82. The molecule has 0 bridgehead atoms. The van der Waals surface area contributed by atoms with Crippen LogP contribution in [0.5, 0.6) is 0 Å². The summed E-state index contributed by atoms with van der Waals surface area (Å²) in [5.41, 5.74) is 0.947. The molecule has 1 aromatic carbocycles. The Morgan fingerprint density at radius 1 is 1.11 bits per heavy atom. The third-order valence-corrected chi connectivity index (χ3v) is 5.46. The predicted molar refractivity (Wildman–Crippen MR) is 104 cm³/mol. The molecule has 152 valence electrons. The Kier molecular flexibility index (Phi) is 8.92. The fraction of sp³-hybridized carbons (Fsp3) is 0.579. The van der Waals surface area contributed by atoms with Gasteiger partial charge in [-0.05, 0) is 37.8 Å². The van der Waals surface area contributed by atoms with E-state index in [0.29, 0.717) is 6.61 Å². The lowest BCUT2D eigenvalue weighted by Crippen LogP contribution is -2.50. The summed E-state index contributed by atoms with van der Waals surface area (Å²) in [5.74, 6) is -1.10. The lowest BCUT2D eigenvalue weighted by molar-refractivity contribution is -0.144. The summed E-state index contributed by atoms with van der Waals surface area (Å²) in [6.45, 7) is 9.52. The minimum absolute atomic E-state index is 0.113. The Hall–Kier alpha value is -1.93. The van der Waals surface area contributed by atoms with Gasteiger partial charge >= 0.3 is 5.97 Å². The van der Waals surface area contributed by atoms with Gasteiger partial charge in [0, 0.05) is 13.0 Å². The molecule has 0 aliphatic heterocycles. The van der Waals surface area contributed by atoms with E-state index in [1.807, 2.05) is 13.8 Å². The van der Waals surface area contributed by atoms with Crippen LogP contribution in [0.25, 0.3) is 0 Å². The first-order chi connectivity index (χ1) is 12.6. The lowest BCUT2D eigenvalue weighted by atomic mass is 10.0. The number of amides is 1. The second-order valence-corrected chi connectivity index (χ2v) is 8.73. The molecule has 2 N–H and O–H groups in total. The van der Waals surface area contributed by atoms with Crippen LogP contribution in [0.2, 0.25) is 0 Å². The highest BCUT2D eigenvalue weighted by atomic mass is 32.2. The second-order valence-electron chi connectivity index (χ2n) is 7.02. The van der Waals surface area contributed by atoms with E-state index in [1.165, 1.54) is 12.1 Å². The van der Waals surface area contributed by atoms with Gasteiger partial charge in [0.15, 0.2) is 0 Å². The summed E-state index contributed by atoms with van der Waals surface area (Å²) in [4.78, 5) is 24.1. The standard InChI is InChI=1S/C19H30N2O5S/c1-6-26-17(22)11-15(5)12-20-19(23)18(13(2)3)21-27(24,25)16-9-7-14(4)8-10-16/h7-10,13,15,18,21H,6,11-12H2,1-5H3,(H,20,23)/t15-,18+/m1/s1. The van der Waals surface area contributed by atoms with Crippen LogP contribution in [0.15, 0.2) is 29.2 Å². The van der Waals surface area contributed by atoms with Gasteiger partial charge in [0.25, 0.3) is 0 Å². The van der Waals surface area contributed by atoms with Crippen molar-refractivity contribution < 1.29 is 22.7 Å². The van der Waals surface area contributed by atoms with Crippen molar-refractivity contribution in [1.29, 1.82) is 0 Å².